The molecule has 54 valence electrons. The number of hydrogen-bond donors (Lipinski definition) is 0. The third kappa shape index (κ3) is 2.92. The number of hydrogen-bond acceptors (Lipinski definition) is 3. The Morgan fingerprint density at radius 2 is 2.09 bits per heavy atom. The van der Waals surface area contributed by atoms with Crippen LogP contribution in [0.3, 0.4) is 0 Å². The van der Waals surface area contributed by atoms with Gasteiger partial charge < -0.3 is 9.90 Å². The van der Waals surface area contributed by atoms with Crippen LogP contribution in [0.15, 0.2) is 14.3 Å². The SMILES string of the molecule is O=C([O-])c1cc(Br)c(Br)s1.[Li+]. The summed E-state index contributed by atoms with van der Waals surface area (Å²) in [6.07, 6.45) is 0. The molecular formula is C5HBr2LiO2S. The number of rotatable bonds is 1. The van der Waals surface area contributed by atoms with E-state index in [-0.39, 0.29) is 23.7 Å². The van der Waals surface area contributed by atoms with E-state index in [2.05, 4.69) is 31.9 Å². The van der Waals surface area contributed by atoms with Crippen LogP contribution in [-0.2, 0) is 0 Å². The van der Waals surface area contributed by atoms with E-state index < -0.39 is 5.97 Å². The molecule has 0 N–H and O–H groups in total. The number of aromatic carboxylic acids is 1. The fourth-order valence-corrected chi connectivity index (χ4v) is 2.32. The van der Waals surface area contributed by atoms with Crippen molar-refractivity contribution in [2.45, 2.75) is 0 Å². The smallest absolute Gasteiger partial charge is 0.544 e. The predicted octanol–water partition coefficient (Wildman–Crippen LogP) is -1.36. The molecule has 0 saturated heterocycles. The van der Waals surface area contributed by atoms with E-state index in [9.17, 15) is 9.90 Å². The minimum absolute atomic E-state index is 0. The van der Waals surface area contributed by atoms with Crippen molar-refractivity contribution in [3.8, 4) is 0 Å². The zero-order chi connectivity index (χ0) is 7.72. The molecule has 0 fully saturated rings. The minimum atomic E-state index is -1.14. The first kappa shape index (κ1) is 11.7. The Balaban J connectivity index is 0.000001000. The van der Waals surface area contributed by atoms with Crippen LogP contribution in [-0.4, -0.2) is 5.97 Å². The molecule has 1 aromatic heterocycles. The maximum atomic E-state index is 10.2. The summed E-state index contributed by atoms with van der Waals surface area (Å²) < 4.78 is 1.52. The first-order chi connectivity index (χ1) is 4.61. The normalized spacial score (nSPS) is 8.91. The third-order valence-corrected chi connectivity index (χ3v) is 4.08. The van der Waals surface area contributed by atoms with Gasteiger partial charge in [-0.05, 0) is 37.9 Å². The van der Waals surface area contributed by atoms with Gasteiger partial charge in [0, 0.05) is 4.47 Å². The van der Waals surface area contributed by atoms with Crippen molar-refractivity contribution in [2.75, 3.05) is 0 Å². The van der Waals surface area contributed by atoms with E-state index in [4.69, 9.17) is 0 Å². The average molecular weight is 292 g/mol. The van der Waals surface area contributed by atoms with Gasteiger partial charge in [-0.2, -0.15) is 0 Å². The van der Waals surface area contributed by atoms with Gasteiger partial charge in [-0.1, -0.05) is 0 Å². The summed E-state index contributed by atoms with van der Waals surface area (Å²) in [6.45, 7) is 0. The topological polar surface area (TPSA) is 40.1 Å². The van der Waals surface area contributed by atoms with Gasteiger partial charge in [-0.15, -0.1) is 11.3 Å². The largest absolute Gasteiger partial charge is 1.00 e. The first-order valence-corrected chi connectivity index (χ1v) is 4.67. The molecule has 0 aliphatic rings. The molecule has 0 saturated carbocycles. The van der Waals surface area contributed by atoms with Crippen LogP contribution in [0.1, 0.15) is 9.67 Å². The molecule has 0 aliphatic heterocycles. The molecule has 1 aromatic rings. The summed E-state index contributed by atoms with van der Waals surface area (Å²) in [6, 6.07) is 1.50. The minimum Gasteiger partial charge on any atom is -0.544 e. The van der Waals surface area contributed by atoms with Gasteiger partial charge >= 0.3 is 18.9 Å². The van der Waals surface area contributed by atoms with E-state index >= 15 is 0 Å². The Morgan fingerprint density at radius 1 is 1.55 bits per heavy atom. The summed E-state index contributed by atoms with van der Waals surface area (Å²) in [5.74, 6) is -1.14. The molecule has 1 heterocycles. The summed E-state index contributed by atoms with van der Waals surface area (Å²) in [5.41, 5.74) is 0. The molecule has 0 radical (unpaired) electrons. The molecule has 0 amide bonds. The molecular weight excluding hydrogens is 291 g/mol. The van der Waals surface area contributed by atoms with Crippen LogP contribution in [0.25, 0.3) is 0 Å². The molecule has 0 unspecified atom stereocenters. The van der Waals surface area contributed by atoms with E-state index in [0.29, 0.717) is 0 Å². The Labute approximate surface area is 96.4 Å². The molecule has 1 rings (SSSR count). The Bertz CT molecular complexity index is 254. The second kappa shape index (κ2) is 4.68. The van der Waals surface area contributed by atoms with Gasteiger partial charge in [0.2, 0.25) is 0 Å². The van der Waals surface area contributed by atoms with Gasteiger partial charge in [0.15, 0.2) is 0 Å². The maximum absolute atomic E-state index is 10.2. The van der Waals surface area contributed by atoms with Crippen molar-refractivity contribution in [2.24, 2.45) is 0 Å². The fourth-order valence-electron chi connectivity index (χ4n) is 0.447. The maximum Gasteiger partial charge on any atom is 1.00 e. The van der Waals surface area contributed by atoms with E-state index in [1.165, 1.54) is 6.07 Å². The third-order valence-electron chi connectivity index (χ3n) is 0.846. The summed E-state index contributed by atoms with van der Waals surface area (Å²) in [7, 11) is 0. The Kier molecular flexibility index (Phi) is 4.99. The van der Waals surface area contributed by atoms with Gasteiger partial charge in [0.1, 0.15) is 0 Å². The number of halogens is 2. The predicted molar refractivity (Wildman–Crippen MR) is 44.0 cm³/mol. The van der Waals surface area contributed by atoms with Crippen LogP contribution >= 0.6 is 43.2 Å². The van der Waals surface area contributed by atoms with Crippen LogP contribution in [0.2, 0.25) is 0 Å². The second-order valence-corrected chi connectivity index (χ2v) is 4.74. The van der Waals surface area contributed by atoms with Gasteiger partial charge in [-0.3, -0.25) is 0 Å². The Hall–Kier alpha value is 0.727. The molecule has 6 heteroatoms. The quantitative estimate of drug-likeness (QED) is 0.600. The van der Waals surface area contributed by atoms with Gasteiger partial charge in [-0.25, -0.2) is 0 Å². The van der Waals surface area contributed by atoms with Crippen molar-refractivity contribution in [1.82, 2.24) is 0 Å². The van der Waals surface area contributed by atoms with E-state index in [0.717, 1.165) is 19.6 Å². The zero-order valence-corrected chi connectivity index (χ0v) is 9.55. The van der Waals surface area contributed by atoms with Crippen LogP contribution in [0, 0.1) is 0 Å². The van der Waals surface area contributed by atoms with Crippen LogP contribution < -0.4 is 24.0 Å². The summed E-state index contributed by atoms with van der Waals surface area (Å²) >= 11 is 7.45. The number of carbonyl (C=O) groups excluding carboxylic acids is 1. The average Bonchev–Trinajstić information content (AvgIpc) is 2.13. The molecule has 0 atom stereocenters. The van der Waals surface area contributed by atoms with Crippen molar-refractivity contribution < 1.29 is 28.8 Å². The molecule has 0 spiro atoms. The number of carbonyl (C=O) groups is 1. The van der Waals surface area contributed by atoms with Gasteiger partial charge in [0.05, 0.1) is 14.6 Å². The zero-order valence-electron chi connectivity index (χ0n) is 5.56. The number of carboxylic acids is 1. The fraction of sp³-hybridized carbons (Fsp3) is 0. The monoisotopic (exact) mass is 290 g/mol. The Morgan fingerprint density at radius 3 is 2.27 bits per heavy atom. The number of thiophene rings is 1. The molecule has 0 aliphatic carbocycles. The van der Waals surface area contributed by atoms with Crippen LogP contribution in [0.4, 0.5) is 0 Å². The standard InChI is InChI=1S/C5H2Br2O2S.Li/c6-2-1-3(5(8)9)10-4(2)7;/h1H,(H,8,9);/q;+1/p-1. The van der Waals surface area contributed by atoms with Crippen LogP contribution in [0.5, 0.6) is 0 Å². The molecule has 2 nitrogen and oxygen atoms in total. The van der Waals surface area contributed by atoms with Crippen molar-refractivity contribution in [3.05, 3.63) is 19.2 Å². The summed E-state index contributed by atoms with van der Waals surface area (Å²) in [4.78, 5) is 10.4. The molecule has 0 aromatic carbocycles. The summed E-state index contributed by atoms with van der Waals surface area (Å²) in [5, 5.41) is 10.2. The first-order valence-electron chi connectivity index (χ1n) is 2.27. The van der Waals surface area contributed by atoms with E-state index in [1.807, 2.05) is 0 Å². The van der Waals surface area contributed by atoms with Crippen molar-refractivity contribution >= 4 is 49.2 Å². The van der Waals surface area contributed by atoms with Crippen molar-refractivity contribution in [3.63, 3.8) is 0 Å². The van der Waals surface area contributed by atoms with Gasteiger partial charge in [0.25, 0.3) is 0 Å². The van der Waals surface area contributed by atoms with Crippen molar-refractivity contribution in [1.29, 1.82) is 0 Å². The second-order valence-electron chi connectivity index (χ2n) is 1.52. The van der Waals surface area contributed by atoms with E-state index in [1.54, 1.807) is 0 Å². The number of carboxylic acid groups (broad SMARTS) is 1. The molecule has 11 heavy (non-hydrogen) atoms. The molecule has 0 bridgehead atoms.